The van der Waals surface area contributed by atoms with E-state index in [2.05, 4.69) is 21.8 Å². The van der Waals surface area contributed by atoms with Crippen LogP contribution in [0.3, 0.4) is 0 Å². The lowest BCUT2D eigenvalue weighted by atomic mass is 9.83. The van der Waals surface area contributed by atoms with Crippen LogP contribution in [-0.2, 0) is 37.0 Å². The van der Waals surface area contributed by atoms with E-state index in [4.69, 9.17) is 30.4 Å². The Morgan fingerprint density at radius 1 is 0.813 bits per heavy atom. The molecule has 0 spiro atoms. The van der Waals surface area contributed by atoms with Gasteiger partial charge in [0, 0.05) is 57.6 Å². The molecule has 2 aliphatic rings. The van der Waals surface area contributed by atoms with Crippen molar-refractivity contribution in [1.29, 1.82) is 0 Å². The van der Waals surface area contributed by atoms with Gasteiger partial charge < -0.3 is 56.2 Å². The van der Waals surface area contributed by atoms with Crippen molar-refractivity contribution >= 4 is 51.5 Å². The molecule has 0 radical (unpaired) electrons. The van der Waals surface area contributed by atoms with E-state index in [1.807, 2.05) is 43.4 Å². The zero-order valence-corrected chi connectivity index (χ0v) is 43.5. The minimum absolute atomic E-state index is 0.0256. The van der Waals surface area contributed by atoms with Crippen molar-refractivity contribution in [2.45, 2.75) is 123 Å². The number of nitrogen functional groups attached to an aromatic ring is 2. The maximum absolute atomic E-state index is 12.5. The number of aliphatic hydroxyl groups excluding tert-OH is 4. The molecule has 9 N–H and O–H groups in total. The van der Waals surface area contributed by atoms with Crippen molar-refractivity contribution in [3.63, 3.8) is 0 Å². The molecule has 4 aromatic rings. The monoisotopic (exact) mass is 1170 g/mol. The lowest BCUT2D eigenvalue weighted by Gasteiger charge is -2.31. The second-order valence-corrected chi connectivity index (χ2v) is 20.7. The topological polar surface area (TPSA) is 355 Å². The first-order valence-electron chi connectivity index (χ1n) is 22.9. The molecule has 6 rings (SSSR count). The summed E-state index contributed by atoms with van der Waals surface area (Å²) in [5, 5.41) is 63.9. The maximum Gasteiger partial charge on any atom is 0.471 e. The molecule has 2 aromatic heterocycles. The predicted molar refractivity (Wildman–Crippen MR) is 268 cm³/mol. The number of nitro groups is 2. The third-order valence-corrected chi connectivity index (χ3v) is 12.4. The highest BCUT2D eigenvalue weighted by Crippen LogP contribution is 2.43. The molecule has 24 nitrogen and oxygen atoms in total. The smallest absolute Gasteiger partial charge is 0.394 e. The number of nitrogens with one attached hydrogen (secondary N) is 1. The number of nitro benzene ring substituents is 2. The Kier molecular flexibility index (Phi) is 19.6. The van der Waals surface area contributed by atoms with Gasteiger partial charge in [0.2, 0.25) is 0 Å². The molecule has 8 atom stereocenters. The number of anilines is 2. The molecule has 0 aliphatic carbocycles. The fraction of sp³-hybridized carbons (Fsp3) is 0.511. The van der Waals surface area contributed by atoms with Crippen LogP contribution in [0.1, 0.15) is 107 Å². The summed E-state index contributed by atoms with van der Waals surface area (Å²) >= 11 is 2.02. The molecule has 0 bridgehead atoms. The number of carbonyl (C=O) groups excluding carboxylic acids is 1. The fourth-order valence-electron chi connectivity index (χ4n) is 8.01. The Balaban J connectivity index is 0.000000285. The van der Waals surface area contributed by atoms with E-state index in [9.17, 15) is 68.2 Å². The Morgan fingerprint density at radius 2 is 1.24 bits per heavy atom. The molecule has 28 heteroatoms. The molecule has 0 saturated carbocycles. The van der Waals surface area contributed by atoms with Crippen LogP contribution in [0.2, 0.25) is 0 Å². The van der Waals surface area contributed by atoms with Crippen LogP contribution < -0.4 is 28.2 Å². The Bertz CT molecular complexity index is 2920. The summed E-state index contributed by atoms with van der Waals surface area (Å²) in [4.78, 5) is 65.9. The molecule has 4 heterocycles. The van der Waals surface area contributed by atoms with Crippen molar-refractivity contribution in [3.8, 4) is 11.8 Å². The van der Waals surface area contributed by atoms with E-state index < -0.39 is 106 Å². The number of alkyl halides is 3. The number of nitrogens with two attached hydrogens (primary N) is 2. The van der Waals surface area contributed by atoms with Gasteiger partial charge in [0.1, 0.15) is 36.3 Å². The van der Waals surface area contributed by atoms with Gasteiger partial charge in [0.15, 0.2) is 0 Å². The Labute approximate surface area is 439 Å². The van der Waals surface area contributed by atoms with Crippen LogP contribution in [0, 0.1) is 46.5 Å². The number of rotatable bonds is 15. The lowest BCUT2D eigenvalue weighted by molar-refractivity contribution is -0.386. The number of ether oxygens (including phenoxy) is 4. The maximum atomic E-state index is 12.5. The van der Waals surface area contributed by atoms with Crippen LogP contribution >= 0.6 is 22.6 Å². The quantitative estimate of drug-likeness (QED) is 0.0383. The Hall–Kier alpha value is -6.17. The van der Waals surface area contributed by atoms with Gasteiger partial charge in [-0.15, -0.1) is 0 Å². The fourth-order valence-corrected chi connectivity index (χ4v) is 8.48. The van der Waals surface area contributed by atoms with E-state index in [1.165, 1.54) is 35.2 Å². The summed E-state index contributed by atoms with van der Waals surface area (Å²) in [5.74, 6) is 2.48. The molecule has 1 amide bonds. The van der Waals surface area contributed by atoms with Gasteiger partial charge in [-0.25, -0.2) is 9.59 Å². The van der Waals surface area contributed by atoms with Gasteiger partial charge in [-0.05, 0) is 57.7 Å². The third-order valence-electron chi connectivity index (χ3n) is 11.7. The molecule has 2 fully saturated rings. The molecule has 2 saturated heterocycles. The molecular formula is C47H57F3IN9O15. The van der Waals surface area contributed by atoms with Gasteiger partial charge in [-0.3, -0.25) is 34.2 Å². The van der Waals surface area contributed by atoms with Crippen LogP contribution in [-0.4, -0.2) is 106 Å². The zero-order chi connectivity index (χ0) is 55.9. The molecule has 2 aromatic carbocycles. The summed E-state index contributed by atoms with van der Waals surface area (Å²) in [6.07, 6.45) is -8.99. The second-order valence-electron chi connectivity index (χ2n) is 19.5. The normalized spacial score (nSPS) is 20.6. The van der Waals surface area contributed by atoms with Crippen molar-refractivity contribution in [1.82, 2.24) is 24.4 Å². The van der Waals surface area contributed by atoms with E-state index in [0.29, 0.717) is 11.1 Å². The largest absolute Gasteiger partial charge is 0.471 e. The Morgan fingerprint density at radius 3 is 1.63 bits per heavy atom. The van der Waals surface area contributed by atoms with Crippen LogP contribution in [0.25, 0.3) is 0 Å². The standard InChI is InChI=1S/C26H30F3N5O8.C21H27IN4O7/c1-25(2,3)21(16-7-6-14(9-17(16)34(39)40)5-4-8-31-23(37)26(27,28)29)41-13-15-11-33(24(38)32-22(15)30)20-10-18(36)19(12-35)42-20;1-21(2,3)18(13-5-4-12(22)6-14(13)26(30)31)32-10-11-8-25(20(29)24-19(11)23)17-7-15(28)16(9-27)33-17/h6-7,9,11,18-21,35-36H,8,10,12-13H2,1-3H3,(H,31,37)(H2,30,32,38);4-6,8,15-18,27-28H,7,9-10H2,1-3H3,(H2,23,24,29)/t18-,19-,20-,21+;15-,16-,17-,18+/m11/s1. The van der Waals surface area contributed by atoms with Gasteiger partial charge >= 0.3 is 23.5 Å². The zero-order valence-electron chi connectivity index (χ0n) is 41.3. The van der Waals surface area contributed by atoms with Crippen molar-refractivity contribution in [2.75, 3.05) is 31.2 Å². The number of carbonyl (C=O) groups is 1. The van der Waals surface area contributed by atoms with Crippen LogP contribution in [0.5, 0.6) is 0 Å². The van der Waals surface area contributed by atoms with Gasteiger partial charge in [-0.2, -0.15) is 23.1 Å². The molecule has 0 unspecified atom stereocenters. The SMILES string of the molecule is CC(C)(C)[C@@H](OCc1cn([C@H]2C[C@@H](O)[C@@H](CO)O2)c(=O)nc1N)c1ccc(C#CCNC(=O)C(F)(F)F)cc1[N+](=O)[O-].CC(C)(C)[C@@H](OCc1cn([C@H]2C[C@@H](O)[C@@H](CO)O2)c(=O)nc1N)c1ccc(I)cc1[N+](=O)[O-]. The van der Waals surface area contributed by atoms with Crippen molar-refractivity contribution in [2.24, 2.45) is 10.8 Å². The summed E-state index contributed by atoms with van der Waals surface area (Å²) in [6.45, 7) is 9.32. The van der Waals surface area contributed by atoms with Gasteiger partial charge in [-0.1, -0.05) is 53.4 Å². The summed E-state index contributed by atoms with van der Waals surface area (Å²) in [7, 11) is 0. The van der Waals surface area contributed by atoms with Crippen LogP contribution in [0.4, 0.5) is 36.2 Å². The van der Waals surface area contributed by atoms with E-state index in [-0.39, 0.29) is 72.4 Å². The highest BCUT2D eigenvalue weighted by Gasteiger charge is 2.40. The number of hydrogen-bond acceptors (Lipinski definition) is 19. The van der Waals surface area contributed by atoms with E-state index in [1.54, 1.807) is 38.2 Å². The first-order valence-corrected chi connectivity index (χ1v) is 24.0. The molecule has 408 valence electrons. The van der Waals surface area contributed by atoms with Crippen molar-refractivity contribution < 1.29 is 67.2 Å². The average Bonchev–Trinajstić information content (AvgIpc) is 3.89. The summed E-state index contributed by atoms with van der Waals surface area (Å²) in [5.41, 5.74) is 10.3. The lowest BCUT2D eigenvalue weighted by Crippen LogP contribution is -2.36. The number of aliphatic hydroxyl groups is 4. The summed E-state index contributed by atoms with van der Waals surface area (Å²) < 4.78 is 63.3. The minimum Gasteiger partial charge on any atom is -0.394 e. The van der Waals surface area contributed by atoms with E-state index >= 15 is 0 Å². The first-order chi connectivity index (χ1) is 34.9. The van der Waals surface area contributed by atoms with Crippen molar-refractivity contribution in [3.05, 3.63) is 121 Å². The first kappa shape index (κ1) is 59.7. The number of nitrogens with zero attached hydrogens (tertiary/aromatic N) is 6. The van der Waals surface area contributed by atoms with Crippen LogP contribution in [0.15, 0.2) is 58.4 Å². The average molecular weight is 1170 g/mol. The summed E-state index contributed by atoms with van der Waals surface area (Å²) in [6, 6.07) is 8.94. The second kappa shape index (κ2) is 24.7. The number of aromatic nitrogens is 4. The number of hydrogen-bond donors (Lipinski definition) is 7. The number of amides is 1. The molecule has 75 heavy (non-hydrogen) atoms. The molecule has 2 aliphatic heterocycles. The highest BCUT2D eigenvalue weighted by molar-refractivity contribution is 14.1. The minimum atomic E-state index is -5.06. The van der Waals surface area contributed by atoms with Gasteiger partial charge in [0.25, 0.3) is 11.4 Å². The highest BCUT2D eigenvalue weighted by atomic mass is 127. The number of benzene rings is 2. The third kappa shape index (κ3) is 15.3. The van der Waals surface area contributed by atoms with E-state index in [0.717, 1.165) is 14.2 Å². The predicted octanol–water partition coefficient (Wildman–Crippen LogP) is 3.99. The van der Waals surface area contributed by atoms with Gasteiger partial charge in [0.05, 0.1) is 78.4 Å². The molecular weight excluding hydrogens is 1110 g/mol. The number of halogens is 4.